The zero-order chi connectivity index (χ0) is 15.6. The van der Waals surface area contributed by atoms with Crippen LogP contribution in [0.5, 0.6) is 0 Å². The van der Waals surface area contributed by atoms with Crippen molar-refractivity contribution in [1.29, 1.82) is 0 Å². The van der Waals surface area contributed by atoms with Crippen molar-refractivity contribution in [1.82, 2.24) is 10.1 Å². The normalized spacial score (nSPS) is 12.4. The van der Waals surface area contributed by atoms with Gasteiger partial charge >= 0.3 is 5.69 Å². The molecular formula is C11H10F2N4O4. The number of benzene rings is 1. The minimum Gasteiger partial charge on any atom is -0.396 e. The molecule has 2 aromatic rings. The molecule has 0 radical (unpaired) electrons. The molecule has 1 aromatic carbocycles. The van der Waals surface area contributed by atoms with Gasteiger partial charge in [-0.25, -0.2) is 4.39 Å². The average Bonchev–Trinajstić information content (AvgIpc) is 2.88. The average molecular weight is 300 g/mol. The molecule has 0 aliphatic carbocycles. The van der Waals surface area contributed by atoms with E-state index in [0.717, 1.165) is 6.07 Å². The summed E-state index contributed by atoms with van der Waals surface area (Å²) in [5.74, 6) is -3.09. The Labute approximate surface area is 116 Å². The van der Waals surface area contributed by atoms with E-state index in [1.54, 1.807) is 0 Å². The summed E-state index contributed by atoms with van der Waals surface area (Å²) in [5.41, 5.74) is 3.93. The van der Waals surface area contributed by atoms with Gasteiger partial charge < -0.3 is 15.4 Å². The first-order valence-electron chi connectivity index (χ1n) is 5.78. The lowest BCUT2D eigenvalue weighted by atomic mass is 10.1. The van der Waals surface area contributed by atoms with E-state index in [-0.39, 0.29) is 18.9 Å². The van der Waals surface area contributed by atoms with Crippen LogP contribution in [0.25, 0.3) is 11.4 Å². The van der Waals surface area contributed by atoms with Crippen LogP contribution in [0.1, 0.15) is 18.4 Å². The molecule has 112 valence electrons. The van der Waals surface area contributed by atoms with Crippen molar-refractivity contribution in [3.8, 4) is 11.4 Å². The zero-order valence-corrected chi connectivity index (χ0v) is 10.5. The Balaban J connectivity index is 2.47. The maximum Gasteiger partial charge on any atom is 0.305 e. The molecule has 0 aliphatic rings. The van der Waals surface area contributed by atoms with E-state index < -0.39 is 39.7 Å². The fraction of sp³-hybridized carbons (Fsp3) is 0.273. The molecule has 1 atom stereocenters. The summed E-state index contributed by atoms with van der Waals surface area (Å²) >= 11 is 0. The largest absolute Gasteiger partial charge is 0.396 e. The smallest absolute Gasteiger partial charge is 0.305 e. The van der Waals surface area contributed by atoms with Gasteiger partial charge in [-0.2, -0.15) is 9.37 Å². The fourth-order valence-electron chi connectivity index (χ4n) is 1.64. The van der Waals surface area contributed by atoms with Crippen molar-refractivity contribution >= 4 is 5.69 Å². The van der Waals surface area contributed by atoms with Crippen LogP contribution >= 0.6 is 0 Å². The Kier molecular flexibility index (Phi) is 4.19. The van der Waals surface area contributed by atoms with Gasteiger partial charge in [0.2, 0.25) is 17.5 Å². The van der Waals surface area contributed by atoms with Gasteiger partial charge in [-0.3, -0.25) is 10.1 Å². The Bertz CT molecular complexity index is 676. The minimum absolute atomic E-state index is 0.113. The monoisotopic (exact) mass is 300 g/mol. The first kappa shape index (κ1) is 14.9. The molecule has 2 rings (SSSR count). The highest BCUT2D eigenvalue weighted by atomic mass is 19.1. The third-order valence-electron chi connectivity index (χ3n) is 2.69. The predicted molar refractivity (Wildman–Crippen MR) is 64.9 cm³/mol. The summed E-state index contributed by atoms with van der Waals surface area (Å²) in [6.07, 6.45) is 0.113. The Morgan fingerprint density at radius 1 is 1.48 bits per heavy atom. The lowest BCUT2D eigenvalue weighted by Gasteiger charge is -2.02. The van der Waals surface area contributed by atoms with Crippen LogP contribution in [0.2, 0.25) is 0 Å². The maximum atomic E-state index is 14.0. The van der Waals surface area contributed by atoms with E-state index in [2.05, 4.69) is 10.1 Å². The van der Waals surface area contributed by atoms with Crippen molar-refractivity contribution in [2.24, 2.45) is 5.73 Å². The molecule has 1 aromatic heterocycles. The van der Waals surface area contributed by atoms with Gasteiger partial charge in [-0.15, -0.1) is 0 Å². The highest BCUT2D eigenvalue weighted by molar-refractivity contribution is 5.61. The van der Waals surface area contributed by atoms with Crippen molar-refractivity contribution in [3.05, 3.63) is 39.8 Å². The lowest BCUT2D eigenvalue weighted by Crippen LogP contribution is -2.12. The van der Waals surface area contributed by atoms with Crippen LogP contribution in [0.15, 0.2) is 16.7 Å². The summed E-state index contributed by atoms with van der Waals surface area (Å²) in [4.78, 5) is 13.4. The Morgan fingerprint density at radius 2 is 2.19 bits per heavy atom. The molecule has 1 unspecified atom stereocenters. The second kappa shape index (κ2) is 5.89. The minimum atomic E-state index is -1.40. The van der Waals surface area contributed by atoms with Crippen LogP contribution in [0.3, 0.4) is 0 Å². The van der Waals surface area contributed by atoms with Crippen LogP contribution in [0.4, 0.5) is 14.5 Å². The summed E-state index contributed by atoms with van der Waals surface area (Å²) in [6, 6.07) is 0.633. The molecule has 0 saturated heterocycles. The molecule has 3 N–H and O–H groups in total. The standard InChI is InChI=1S/C11H10F2N4O4/c12-5-1-2-7(17(19)20)9(13)8(5)10-15-11(21-16-10)6(14)3-4-18/h1-2,6,18H,3-4,14H2. The summed E-state index contributed by atoms with van der Waals surface area (Å²) in [6.45, 7) is -0.238. The van der Waals surface area contributed by atoms with Crippen LogP contribution in [-0.2, 0) is 0 Å². The summed E-state index contributed by atoms with van der Waals surface area (Å²) in [5, 5.41) is 22.8. The number of aliphatic hydroxyl groups excluding tert-OH is 1. The van der Waals surface area contributed by atoms with Gasteiger partial charge in [0, 0.05) is 12.7 Å². The second-order valence-electron chi connectivity index (χ2n) is 4.09. The molecule has 0 saturated carbocycles. The Morgan fingerprint density at radius 3 is 2.81 bits per heavy atom. The van der Waals surface area contributed by atoms with E-state index in [1.807, 2.05) is 0 Å². The van der Waals surface area contributed by atoms with Gasteiger partial charge in [-0.05, 0) is 12.5 Å². The molecule has 1 heterocycles. The SMILES string of the molecule is NC(CCO)c1nc(-c2c(F)ccc([N+](=O)[O-])c2F)no1. The number of nitrogens with zero attached hydrogens (tertiary/aromatic N) is 3. The maximum absolute atomic E-state index is 14.0. The second-order valence-corrected chi connectivity index (χ2v) is 4.09. The van der Waals surface area contributed by atoms with Gasteiger partial charge in [0.1, 0.15) is 11.4 Å². The lowest BCUT2D eigenvalue weighted by molar-refractivity contribution is -0.387. The number of nitrogens with two attached hydrogens (primary N) is 1. The molecule has 0 bridgehead atoms. The van der Waals surface area contributed by atoms with Gasteiger partial charge in [0.15, 0.2) is 0 Å². The third-order valence-corrected chi connectivity index (χ3v) is 2.69. The zero-order valence-electron chi connectivity index (χ0n) is 10.5. The summed E-state index contributed by atoms with van der Waals surface area (Å²) in [7, 11) is 0. The molecule has 10 heteroatoms. The summed E-state index contributed by atoms with van der Waals surface area (Å²) < 4.78 is 32.4. The predicted octanol–water partition coefficient (Wildman–Crippen LogP) is 1.31. The van der Waals surface area contributed by atoms with E-state index in [0.29, 0.717) is 6.07 Å². The number of hydrogen-bond acceptors (Lipinski definition) is 7. The number of halogens is 2. The van der Waals surface area contributed by atoms with Crippen LogP contribution in [0, 0.1) is 21.7 Å². The van der Waals surface area contributed by atoms with E-state index in [1.165, 1.54) is 0 Å². The molecule has 0 amide bonds. The molecule has 0 spiro atoms. The van der Waals surface area contributed by atoms with E-state index >= 15 is 0 Å². The first-order valence-corrected chi connectivity index (χ1v) is 5.78. The molecule has 0 fully saturated rings. The van der Waals surface area contributed by atoms with Crippen molar-refractivity contribution < 1.29 is 23.3 Å². The molecule has 8 nitrogen and oxygen atoms in total. The van der Waals surface area contributed by atoms with Crippen molar-refractivity contribution in [2.45, 2.75) is 12.5 Å². The van der Waals surface area contributed by atoms with E-state index in [4.69, 9.17) is 15.4 Å². The fourth-order valence-corrected chi connectivity index (χ4v) is 1.64. The van der Waals surface area contributed by atoms with Gasteiger partial charge in [0.05, 0.1) is 11.0 Å². The highest BCUT2D eigenvalue weighted by Gasteiger charge is 2.26. The van der Waals surface area contributed by atoms with E-state index in [9.17, 15) is 18.9 Å². The Hall–Kier alpha value is -2.46. The number of nitro benzene ring substituents is 1. The van der Waals surface area contributed by atoms with Gasteiger partial charge in [-0.1, -0.05) is 5.16 Å². The third kappa shape index (κ3) is 2.85. The number of nitro groups is 1. The van der Waals surface area contributed by atoms with Gasteiger partial charge in [0.25, 0.3) is 0 Å². The topological polar surface area (TPSA) is 128 Å². The highest BCUT2D eigenvalue weighted by Crippen LogP contribution is 2.30. The van der Waals surface area contributed by atoms with Crippen molar-refractivity contribution in [2.75, 3.05) is 6.61 Å². The van der Waals surface area contributed by atoms with Crippen LogP contribution in [-0.4, -0.2) is 26.8 Å². The molecular weight excluding hydrogens is 290 g/mol. The number of hydrogen-bond donors (Lipinski definition) is 2. The van der Waals surface area contributed by atoms with Crippen LogP contribution < -0.4 is 5.73 Å². The quantitative estimate of drug-likeness (QED) is 0.629. The number of rotatable bonds is 5. The number of aromatic nitrogens is 2. The molecule has 0 aliphatic heterocycles. The van der Waals surface area contributed by atoms with Crippen molar-refractivity contribution in [3.63, 3.8) is 0 Å². The number of aliphatic hydroxyl groups is 1. The first-order chi connectivity index (χ1) is 9.95. The molecule has 21 heavy (non-hydrogen) atoms.